The van der Waals surface area contributed by atoms with E-state index in [-0.39, 0.29) is 23.5 Å². The van der Waals surface area contributed by atoms with Crippen LogP contribution in [-0.4, -0.2) is 55.5 Å². The van der Waals surface area contributed by atoms with Gasteiger partial charge in [0.2, 0.25) is 5.91 Å². The van der Waals surface area contributed by atoms with E-state index in [0.717, 1.165) is 12.8 Å². The molecule has 0 aromatic rings. The Morgan fingerprint density at radius 3 is 2.78 bits per heavy atom. The number of carbonyl (C=O) groups excluding carboxylic acids is 1. The van der Waals surface area contributed by atoms with Crippen molar-refractivity contribution < 1.29 is 18.7 Å². The van der Waals surface area contributed by atoms with Gasteiger partial charge in [0, 0.05) is 26.1 Å². The number of carbonyl (C=O) groups is 1. The maximum atomic E-state index is 12.7. The fraction of sp³-hybridized carbons (Fsp3) is 0.923. The maximum absolute atomic E-state index is 12.7. The van der Waals surface area contributed by atoms with Crippen LogP contribution in [0.15, 0.2) is 0 Å². The summed E-state index contributed by atoms with van der Waals surface area (Å²) < 4.78 is 23.9. The average Bonchev–Trinajstić information content (AvgIpc) is 2.31. The molecule has 1 aliphatic carbocycles. The summed E-state index contributed by atoms with van der Waals surface area (Å²) in [6.45, 7) is 2.01. The highest BCUT2D eigenvalue weighted by atomic mass is 19.1. The lowest BCUT2D eigenvalue weighted by atomic mass is 9.79. The number of amides is 1. The molecule has 3 aliphatic rings. The molecule has 2 saturated heterocycles. The number of alkyl halides is 1. The molecule has 0 aromatic heterocycles. The van der Waals surface area contributed by atoms with Gasteiger partial charge in [-0.3, -0.25) is 4.79 Å². The maximum Gasteiger partial charge on any atom is 0.226 e. The zero-order valence-corrected chi connectivity index (χ0v) is 10.7. The molecule has 0 unspecified atom stereocenters. The van der Waals surface area contributed by atoms with Gasteiger partial charge < -0.3 is 14.4 Å². The predicted molar refractivity (Wildman–Crippen MR) is 62.9 cm³/mol. The third-order valence-corrected chi connectivity index (χ3v) is 4.48. The van der Waals surface area contributed by atoms with Gasteiger partial charge in [-0.1, -0.05) is 0 Å². The Hall–Kier alpha value is -0.680. The molecule has 0 radical (unpaired) electrons. The van der Waals surface area contributed by atoms with Crippen molar-refractivity contribution in [3.8, 4) is 0 Å². The van der Waals surface area contributed by atoms with E-state index in [2.05, 4.69) is 0 Å². The Morgan fingerprint density at radius 2 is 2.17 bits per heavy atom. The SMILES string of the molecule is CO[C@@H]1CCOC2(C1)CN(C(=O)C1CC(F)C1)C2. The van der Waals surface area contributed by atoms with Gasteiger partial charge in [-0.25, -0.2) is 4.39 Å². The van der Waals surface area contributed by atoms with E-state index >= 15 is 0 Å². The molecule has 18 heavy (non-hydrogen) atoms. The first kappa shape index (κ1) is 12.4. The number of methoxy groups -OCH3 is 1. The minimum absolute atomic E-state index is 0.0841. The van der Waals surface area contributed by atoms with Crippen LogP contribution in [0, 0.1) is 5.92 Å². The predicted octanol–water partition coefficient (Wildman–Crippen LogP) is 1.14. The van der Waals surface area contributed by atoms with E-state index in [1.165, 1.54) is 0 Å². The quantitative estimate of drug-likeness (QED) is 0.744. The summed E-state index contributed by atoms with van der Waals surface area (Å²) in [6.07, 6.45) is 2.09. The molecule has 3 fully saturated rings. The summed E-state index contributed by atoms with van der Waals surface area (Å²) in [6, 6.07) is 0. The third kappa shape index (κ3) is 2.03. The van der Waals surface area contributed by atoms with Crippen LogP contribution in [0.5, 0.6) is 0 Å². The molecule has 102 valence electrons. The number of halogens is 1. The van der Waals surface area contributed by atoms with Gasteiger partial charge in [0.25, 0.3) is 0 Å². The van der Waals surface area contributed by atoms with E-state index < -0.39 is 6.17 Å². The third-order valence-electron chi connectivity index (χ3n) is 4.48. The number of hydrogen-bond acceptors (Lipinski definition) is 3. The molecule has 4 nitrogen and oxygen atoms in total. The summed E-state index contributed by atoms with van der Waals surface area (Å²) in [4.78, 5) is 13.8. The van der Waals surface area contributed by atoms with Gasteiger partial charge in [-0.2, -0.15) is 0 Å². The molecule has 5 heteroatoms. The Bertz CT molecular complexity index is 337. The number of rotatable bonds is 2. The van der Waals surface area contributed by atoms with Gasteiger partial charge in [0.15, 0.2) is 0 Å². The summed E-state index contributed by atoms with van der Waals surface area (Å²) in [5.41, 5.74) is -0.187. The van der Waals surface area contributed by atoms with Crippen LogP contribution < -0.4 is 0 Å². The van der Waals surface area contributed by atoms with E-state index in [1.54, 1.807) is 7.11 Å². The normalized spacial score (nSPS) is 38.1. The number of likely N-dealkylation sites (tertiary alicyclic amines) is 1. The summed E-state index contributed by atoms with van der Waals surface area (Å²) in [7, 11) is 1.72. The van der Waals surface area contributed by atoms with E-state index in [4.69, 9.17) is 9.47 Å². The molecule has 2 aliphatic heterocycles. The van der Waals surface area contributed by atoms with Crippen molar-refractivity contribution in [1.82, 2.24) is 4.90 Å². The highest BCUT2D eigenvalue weighted by molar-refractivity contribution is 5.81. The van der Waals surface area contributed by atoms with Gasteiger partial charge in [-0.05, 0) is 19.3 Å². The Labute approximate surface area is 106 Å². The Balaban J connectivity index is 1.51. The highest BCUT2D eigenvalue weighted by Crippen LogP contribution is 2.39. The average molecular weight is 257 g/mol. The molecular formula is C13H20FNO3. The molecule has 1 atom stereocenters. The first-order chi connectivity index (χ1) is 8.62. The van der Waals surface area contributed by atoms with Crippen LogP contribution in [-0.2, 0) is 14.3 Å². The molecular weight excluding hydrogens is 237 g/mol. The van der Waals surface area contributed by atoms with Crippen LogP contribution in [0.4, 0.5) is 4.39 Å². The first-order valence-electron chi connectivity index (χ1n) is 6.71. The summed E-state index contributed by atoms with van der Waals surface area (Å²) in [5, 5.41) is 0. The molecule has 2 heterocycles. The highest BCUT2D eigenvalue weighted by Gasteiger charge is 2.51. The Morgan fingerprint density at radius 1 is 1.44 bits per heavy atom. The van der Waals surface area contributed by atoms with Crippen molar-refractivity contribution in [1.29, 1.82) is 0 Å². The van der Waals surface area contributed by atoms with Gasteiger partial charge >= 0.3 is 0 Å². The van der Waals surface area contributed by atoms with E-state index in [9.17, 15) is 9.18 Å². The second-order valence-electron chi connectivity index (χ2n) is 5.84. The zero-order valence-electron chi connectivity index (χ0n) is 10.7. The minimum Gasteiger partial charge on any atom is -0.381 e. The van der Waals surface area contributed by atoms with Crippen LogP contribution in [0.1, 0.15) is 25.7 Å². The fourth-order valence-corrected chi connectivity index (χ4v) is 3.22. The topological polar surface area (TPSA) is 38.8 Å². The zero-order chi connectivity index (χ0) is 12.8. The lowest BCUT2D eigenvalue weighted by molar-refractivity contribution is -0.202. The number of hydrogen-bond donors (Lipinski definition) is 0. The van der Waals surface area contributed by atoms with Crippen molar-refractivity contribution in [2.24, 2.45) is 5.92 Å². The van der Waals surface area contributed by atoms with Crippen molar-refractivity contribution in [3.63, 3.8) is 0 Å². The minimum atomic E-state index is -0.766. The lowest BCUT2D eigenvalue weighted by Gasteiger charge is -2.54. The molecule has 3 rings (SSSR count). The first-order valence-corrected chi connectivity index (χ1v) is 6.71. The van der Waals surface area contributed by atoms with Gasteiger partial charge in [0.05, 0.1) is 19.2 Å². The van der Waals surface area contributed by atoms with Gasteiger partial charge in [0.1, 0.15) is 11.8 Å². The van der Waals surface area contributed by atoms with Crippen LogP contribution >= 0.6 is 0 Å². The van der Waals surface area contributed by atoms with Crippen LogP contribution in [0.2, 0.25) is 0 Å². The van der Waals surface area contributed by atoms with Crippen molar-refractivity contribution in [2.45, 2.75) is 43.6 Å². The Kier molecular flexibility index (Phi) is 3.06. The smallest absolute Gasteiger partial charge is 0.226 e. The number of ether oxygens (including phenoxy) is 2. The lowest BCUT2D eigenvalue weighted by Crippen LogP contribution is -2.68. The van der Waals surface area contributed by atoms with E-state index in [1.807, 2.05) is 4.90 Å². The molecule has 0 bridgehead atoms. The molecule has 1 saturated carbocycles. The second kappa shape index (κ2) is 4.46. The monoisotopic (exact) mass is 257 g/mol. The standard InChI is InChI=1S/C13H20FNO3/c1-17-11-2-3-18-13(6-11)7-15(8-13)12(16)9-4-10(14)5-9/h9-11H,2-8H2,1H3/t9?,10?,11-/m1/s1. The van der Waals surface area contributed by atoms with Gasteiger partial charge in [-0.15, -0.1) is 0 Å². The van der Waals surface area contributed by atoms with Crippen molar-refractivity contribution in [3.05, 3.63) is 0 Å². The largest absolute Gasteiger partial charge is 0.381 e. The fourth-order valence-electron chi connectivity index (χ4n) is 3.22. The molecule has 1 spiro atoms. The second-order valence-corrected chi connectivity index (χ2v) is 5.84. The van der Waals surface area contributed by atoms with E-state index in [0.29, 0.717) is 32.5 Å². The number of nitrogens with zero attached hydrogens (tertiary/aromatic N) is 1. The van der Waals surface area contributed by atoms with Crippen molar-refractivity contribution in [2.75, 3.05) is 26.8 Å². The molecule has 0 aromatic carbocycles. The van der Waals surface area contributed by atoms with Crippen LogP contribution in [0.3, 0.4) is 0 Å². The molecule has 1 amide bonds. The van der Waals surface area contributed by atoms with Crippen molar-refractivity contribution >= 4 is 5.91 Å². The molecule has 0 N–H and O–H groups in total. The van der Waals surface area contributed by atoms with Crippen LogP contribution in [0.25, 0.3) is 0 Å². The summed E-state index contributed by atoms with van der Waals surface area (Å²) in [5.74, 6) is 0.0248. The summed E-state index contributed by atoms with van der Waals surface area (Å²) >= 11 is 0.